The van der Waals surface area contributed by atoms with E-state index in [1.165, 1.54) is 6.07 Å². The zero-order valence-corrected chi connectivity index (χ0v) is 13.2. The Morgan fingerprint density at radius 3 is 3.09 bits per heavy atom. The summed E-state index contributed by atoms with van der Waals surface area (Å²) in [5, 5.41) is 3.05. The number of rotatable bonds is 4. The van der Waals surface area contributed by atoms with Crippen molar-refractivity contribution in [3.8, 4) is 0 Å². The van der Waals surface area contributed by atoms with Crippen molar-refractivity contribution in [3.63, 3.8) is 0 Å². The molecule has 3 rings (SSSR count). The summed E-state index contributed by atoms with van der Waals surface area (Å²) in [4.78, 5) is 18.5. The molecule has 0 saturated carbocycles. The Morgan fingerprint density at radius 1 is 1.48 bits per heavy atom. The van der Waals surface area contributed by atoms with Crippen LogP contribution in [0, 0.1) is 5.82 Å². The van der Waals surface area contributed by atoms with Gasteiger partial charge in [0, 0.05) is 32.4 Å². The first-order valence-corrected chi connectivity index (χ1v) is 7.86. The van der Waals surface area contributed by atoms with E-state index in [9.17, 15) is 9.18 Å². The Morgan fingerprint density at radius 2 is 2.35 bits per heavy atom. The van der Waals surface area contributed by atoms with Gasteiger partial charge in [-0.1, -0.05) is 12.1 Å². The lowest BCUT2D eigenvalue weighted by Crippen LogP contribution is -2.47. The fourth-order valence-electron chi connectivity index (χ4n) is 3.00. The van der Waals surface area contributed by atoms with Gasteiger partial charge in [0.05, 0.1) is 6.33 Å². The molecular weight excluding hydrogens is 295 g/mol. The Kier molecular flexibility index (Phi) is 4.71. The summed E-state index contributed by atoms with van der Waals surface area (Å²) in [5.41, 5.74) is 1.40. The minimum Gasteiger partial charge on any atom is -0.347 e. The molecule has 1 fully saturated rings. The minimum atomic E-state index is -0.209. The second-order valence-corrected chi connectivity index (χ2v) is 6.10. The summed E-state index contributed by atoms with van der Waals surface area (Å²) >= 11 is 0. The molecule has 1 aromatic carbocycles. The van der Waals surface area contributed by atoms with Crippen LogP contribution in [0.1, 0.15) is 28.9 Å². The number of benzene rings is 1. The van der Waals surface area contributed by atoms with Crippen LogP contribution in [-0.4, -0.2) is 39.5 Å². The van der Waals surface area contributed by atoms with Crippen molar-refractivity contribution in [2.75, 3.05) is 13.1 Å². The van der Waals surface area contributed by atoms with Crippen LogP contribution in [0.15, 0.2) is 36.8 Å². The maximum Gasteiger partial charge on any atom is 0.271 e. The van der Waals surface area contributed by atoms with E-state index in [0.29, 0.717) is 12.2 Å². The molecule has 1 aromatic heterocycles. The number of likely N-dealkylation sites (tertiary alicyclic amines) is 1. The number of hydrogen-bond donors (Lipinski definition) is 1. The van der Waals surface area contributed by atoms with E-state index in [0.717, 1.165) is 31.5 Å². The molecule has 2 heterocycles. The van der Waals surface area contributed by atoms with Crippen molar-refractivity contribution in [2.45, 2.75) is 25.4 Å². The van der Waals surface area contributed by atoms with Crippen LogP contribution < -0.4 is 5.32 Å². The second kappa shape index (κ2) is 6.91. The number of imidazole rings is 1. The predicted octanol–water partition coefficient (Wildman–Crippen LogP) is 1.95. The third-order valence-corrected chi connectivity index (χ3v) is 4.07. The monoisotopic (exact) mass is 316 g/mol. The Bertz CT molecular complexity index is 685. The Labute approximate surface area is 135 Å². The van der Waals surface area contributed by atoms with Gasteiger partial charge < -0.3 is 9.88 Å². The summed E-state index contributed by atoms with van der Waals surface area (Å²) in [6, 6.07) is 6.78. The number of carbonyl (C=O) groups excluding carboxylic acids is 1. The topological polar surface area (TPSA) is 50.2 Å². The predicted molar refractivity (Wildman–Crippen MR) is 85.4 cm³/mol. The summed E-state index contributed by atoms with van der Waals surface area (Å²) in [7, 11) is 1.84. The normalized spacial score (nSPS) is 18.8. The maximum atomic E-state index is 13.3. The molecule has 1 aliphatic rings. The first-order valence-electron chi connectivity index (χ1n) is 7.86. The molecule has 23 heavy (non-hydrogen) atoms. The average molecular weight is 316 g/mol. The Balaban J connectivity index is 1.56. The fraction of sp³-hybridized carbons (Fsp3) is 0.412. The lowest BCUT2D eigenvalue weighted by atomic mass is 10.0. The van der Waals surface area contributed by atoms with Gasteiger partial charge in [-0.3, -0.25) is 9.69 Å². The smallest absolute Gasteiger partial charge is 0.271 e. The summed E-state index contributed by atoms with van der Waals surface area (Å²) < 4.78 is 15.0. The highest BCUT2D eigenvalue weighted by Crippen LogP contribution is 2.15. The SMILES string of the molecule is Cn1cnc(C(=O)NC2CCCN(Cc3cccc(F)c3)C2)c1. The highest BCUT2D eigenvalue weighted by atomic mass is 19.1. The van der Waals surface area contributed by atoms with Crippen LogP contribution in [-0.2, 0) is 13.6 Å². The standard InChI is InChI=1S/C17H21FN4O/c1-21-11-16(19-12-21)17(23)20-15-6-3-7-22(10-15)9-13-4-2-5-14(18)8-13/h2,4-5,8,11-12,15H,3,6-7,9-10H2,1H3,(H,20,23). The number of piperidine rings is 1. The number of nitrogens with zero attached hydrogens (tertiary/aromatic N) is 3. The van der Waals surface area contributed by atoms with E-state index in [1.807, 2.05) is 13.1 Å². The van der Waals surface area contributed by atoms with Crippen LogP contribution in [0.5, 0.6) is 0 Å². The summed E-state index contributed by atoms with van der Waals surface area (Å²) in [5.74, 6) is -0.345. The molecule has 1 aliphatic heterocycles. The quantitative estimate of drug-likeness (QED) is 0.938. The third kappa shape index (κ3) is 4.16. The molecule has 6 heteroatoms. The van der Waals surface area contributed by atoms with Gasteiger partial charge in [0.15, 0.2) is 0 Å². The van der Waals surface area contributed by atoms with Gasteiger partial charge in [-0.25, -0.2) is 9.37 Å². The third-order valence-electron chi connectivity index (χ3n) is 4.07. The van der Waals surface area contributed by atoms with Gasteiger partial charge in [0.1, 0.15) is 11.5 Å². The first kappa shape index (κ1) is 15.7. The van der Waals surface area contributed by atoms with E-state index in [1.54, 1.807) is 29.2 Å². The number of aryl methyl sites for hydroxylation is 1. The van der Waals surface area contributed by atoms with Gasteiger partial charge in [0.25, 0.3) is 5.91 Å². The number of hydrogen-bond acceptors (Lipinski definition) is 3. The molecule has 1 saturated heterocycles. The highest BCUT2D eigenvalue weighted by molar-refractivity contribution is 5.92. The van der Waals surface area contributed by atoms with Gasteiger partial charge in [-0.05, 0) is 37.1 Å². The molecule has 2 aromatic rings. The molecule has 5 nitrogen and oxygen atoms in total. The largest absolute Gasteiger partial charge is 0.347 e. The zero-order chi connectivity index (χ0) is 16.2. The first-order chi connectivity index (χ1) is 11.1. The number of amides is 1. The molecule has 0 aliphatic carbocycles. The highest BCUT2D eigenvalue weighted by Gasteiger charge is 2.22. The number of aromatic nitrogens is 2. The van der Waals surface area contributed by atoms with E-state index >= 15 is 0 Å². The maximum absolute atomic E-state index is 13.3. The van der Waals surface area contributed by atoms with Crippen molar-refractivity contribution < 1.29 is 9.18 Å². The van der Waals surface area contributed by atoms with Crippen molar-refractivity contribution in [3.05, 3.63) is 53.9 Å². The van der Waals surface area contributed by atoms with Gasteiger partial charge in [0.2, 0.25) is 0 Å². The molecule has 0 bridgehead atoms. The van der Waals surface area contributed by atoms with Gasteiger partial charge in [-0.15, -0.1) is 0 Å². The van der Waals surface area contributed by atoms with E-state index < -0.39 is 0 Å². The fourth-order valence-corrected chi connectivity index (χ4v) is 3.00. The average Bonchev–Trinajstić information content (AvgIpc) is 2.94. The van der Waals surface area contributed by atoms with Crippen LogP contribution >= 0.6 is 0 Å². The lowest BCUT2D eigenvalue weighted by Gasteiger charge is -2.33. The van der Waals surface area contributed by atoms with Crippen molar-refractivity contribution in [2.24, 2.45) is 7.05 Å². The van der Waals surface area contributed by atoms with Crippen LogP contribution in [0.2, 0.25) is 0 Å². The summed E-state index contributed by atoms with van der Waals surface area (Å²) in [6.45, 7) is 2.44. The number of nitrogens with one attached hydrogen (secondary N) is 1. The Hall–Kier alpha value is -2.21. The molecule has 1 N–H and O–H groups in total. The molecule has 1 atom stereocenters. The minimum absolute atomic E-state index is 0.104. The van der Waals surface area contributed by atoms with Crippen LogP contribution in [0.4, 0.5) is 4.39 Å². The molecule has 1 unspecified atom stereocenters. The van der Waals surface area contributed by atoms with E-state index in [-0.39, 0.29) is 17.8 Å². The molecule has 1 amide bonds. The van der Waals surface area contributed by atoms with Gasteiger partial charge in [-0.2, -0.15) is 0 Å². The van der Waals surface area contributed by atoms with Crippen molar-refractivity contribution in [1.29, 1.82) is 0 Å². The van der Waals surface area contributed by atoms with E-state index in [2.05, 4.69) is 15.2 Å². The number of halogens is 1. The van der Waals surface area contributed by atoms with Crippen molar-refractivity contribution in [1.82, 2.24) is 19.8 Å². The molecule has 0 radical (unpaired) electrons. The molecule has 122 valence electrons. The van der Waals surface area contributed by atoms with Crippen LogP contribution in [0.25, 0.3) is 0 Å². The molecule has 0 spiro atoms. The lowest BCUT2D eigenvalue weighted by molar-refractivity contribution is 0.0896. The van der Waals surface area contributed by atoms with E-state index in [4.69, 9.17) is 0 Å². The van der Waals surface area contributed by atoms with Crippen molar-refractivity contribution >= 4 is 5.91 Å². The number of carbonyl (C=O) groups is 1. The van der Waals surface area contributed by atoms with Crippen LogP contribution in [0.3, 0.4) is 0 Å². The van der Waals surface area contributed by atoms with Gasteiger partial charge >= 0.3 is 0 Å². The summed E-state index contributed by atoms with van der Waals surface area (Å²) in [6.07, 6.45) is 5.30. The zero-order valence-electron chi connectivity index (χ0n) is 13.2. The second-order valence-electron chi connectivity index (χ2n) is 6.10. The molecular formula is C17H21FN4O.